The molecule has 0 atom stereocenters. The summed E-state index contributed by atoms with van der Waals surface area (Å²) < 4.78 is 0. The highest BCUT2D eigenvalue weighted by atomic mass is 15.2. The average molecular weight is 220 g/mol. The Bertz CT molecular complexity index is 345. The molecule has 2 rings (SSSR count). The Hall–Kier alpha value is -1.00. The summed E-state index contributed by atoms with van der Waals surface area (Å²) >= 11 is 0. The van der Waals surface area contributed by atoms with E-state index in [1.807, 2.05) is 6.92 Å². The van der Waals surface area contributed by atoms with E-state index in [4.69, 9.17) is 0 Å². The van der Waals surface area contributed by atoms with Crippen LogP contribution in [0, 0.1) is 6.92 Å². The Labute approximate surface area is 97.1 Å². The molecule has 0 saturated carbocycles. The zero-order chi connectivity index (χ0) is 11.4. The molecule has 0 radical (unpaired) electrons. The molecule has 4 nitrogen and oxygen atoms in total. The Morgan fingerprint density at radius 2 is 2.06 bits per heavy atom. The summed E-state index contributed by atoms with van der Waals surface area (Å²) in [7, 11) is 0. The van der Waals surface area contributed by atoms with Gasteiger partial charge < -0.3 is 5.32 Å². The molecule has 1 saturated heterocycles. The van der Waals surface area contributed by atoms with Gasteiger partial charge in [0, 0.05) is 44.8 Å². The minimum Gasteiger partial charge on any atom is -0.314 e. The summed E-state index contributed by atoms with van der Waals surface area (Å²) in [4.78, 5) is 11.4. The zero-order valence-corrected chi connectivity index (χ0v) is 10.2. The molecule has 1 aliphatic heterocycles. The van der Waals surface area contributed by atoms with Crippen LogP contribution < -0.4 is 5.32 Å². The van der Waals surface area contributed by atoms with Gasteiger partial charge in [-0.3, -0.25) is 4.90 Å². The number of aromatic nitrogens is 2. The lowest BCUT2D eigenvalue weighted by Crippen LogP contribution is -2.43. The second-order valence-electron chi connectivity index (χ2n) is 4.30. The highest BCUT2D eigenvalue weighted by Crippen LogP contribution is 2.06. The number of nitrogens with one attached hydrogen (secondary N) is 1. The van der Waals surface area contributed by atoms with E-state index >= 15 is 0 Å². The van der Waals surface area contributed by atoms with Gasteiger partial charge in [0.25, 0.3) is 0 Å². The van der Waals surface area contributed by atoms with E-state index in [9.17, 15) is 0 Å². The van der Waals surface area contributed by atoms with Crippen LogP contribution in [-0.2, 0) is 13.0 Å². The maximum atomic E-state index is 4.57. The van der Waals surface area contributed by atoms with Crippen LogP contribution in [0.4, 0.5) is 0 Å². The fourth-order valence-electron chi connectivity index (χ4n) is 2.04. The van der Waals surface area contributed by atoms with E-state index in [-0.39, 0.29) is 0 Å². The molecule has 0 amide bonds. The lowest BCUT2D eigenvalue weighted by Gasteiger charge is -2.26. The normalized spacial score (nSPS) is 17.6. The average Bonchev–Trinajstić information content (AvgIpc) is 2.29. The monoisotopic (exact) mass is 220 g/mol. The standard InChI is InChI=1S/C12H20N4/c1-3-12-14-10(2)8-11(15-12)9-16-6-4-13-5-7-16/h8,13H,3-7,9H2,1-2H3. The van der Waals surface area contributed by atoms with Gasteiger partial charge in [-0.2, -0.15) is 0 Å². The first kappa shape index (κ1) is 11.5. The number of rotatable bonds is 3. The number of piperazine rings is 1. The molecule has 0 unspecified atom stereocenters. The first-order valence-corrected chi connectivity index (χ1v) is 6.04. The summed E-state index contributed by atoms with van der Waals surface area (Å²) in [5.41, 5.74) is 2.24. The molecular formula is C12H20N4. The summed E-state index contributed by atoms with van der Waals surface area (Å²) in [5.74, 6) is 0.963. The molecular weight excluding hydrogens is 200 g/mol. The molecule has 0 bridgehead atoms. The predicted molar refractivity (Wildman–Crippen MR) is 64.3 cm³/mol. The van der Waals surface area contributed by atoms with E-state index in [2.05, 4.69) is 33.2 Å². The van der Waals surface area contributed by atoms with Gasteiger partial charge in [-0.25, -0.2) is 9.97 Å². The Balaban J connectivity index is 2.04. The second kappa shape index (κ2) is 5.37. The van der Waals surface area contributed by atoms with Crippen molar-refractivity contribution in [3.8, 4) is 0 Å². The maximum absolute atomic E-state index is 4.57. The molecule has 16 heavy (non-hydrogen) atoms. The van der Waals surface area contributed by atoms with Gasteiger partial charge in [0.05, 0.1) is 5.69 Å². The highest BCUT2D eigenvalue weighted by molar-refractivity contribution is 5.10. The van der Waals surface area contributed by atoms with Crippen molar-refractivity contribution >= 4 is 0 Å². The fourth-order valence-corrected chi connectivity index (χ4v) is 2.04. The van der Waals surface area contributed by atoms with E-state index in [0.717, 1.165) is 56.4 Å². The van der Waals surface area contributed by atoms with Gasteiger partial charge in [0.1, 0.15) is 5.82 Å². The molecule has 1 aromatic rings. The molecule has 1 aromatic heterocycles. The minimum absolute atomic E-state index is 0.913. The van der Waals surface area contributed by atoms with E-state index in [1.54, 1.807) is 0 Å². The van der Waals surface area contributed by atoms with Crippen LogP contribution in [0.2, 0.25) is 0 Å². The molecule has 1 fully saturated rings. The smallest absolute Gasteiger partial charge is 0.128 e. The first-order valence-electron chi connectivity index (χ1n) is 6.04. The van der Waals surface area contributed by atoms with Crippen molar-refractivity contribution < 1.29 is 0 Å². The highest BCUT2D eigenvalue weighted by Gasteiger charge is 2.11. The topological polar surface area (TPSA) is 41.1 Å². The zero-order valence-electron chi connectivity index (χ0n) is 10.2. The molecule has 0 aromatic carbocycles. The van der Waals surface area contributed by atoms with Crippen LogP contribution in [0.3, 0.4) is 0 Å². The van der Waals surface area contributed by atoms with Gasteiger partial charge in [-0.05, 0) is 13.0 Å². The van der Waals surface area contributed by atoms with Crippen molar-refractivity contribution in [1.82, 2.24) is 20.2 Å². The molecule has 4 heteroatoms. The third-order valence-corrected chi connectivity index (χ3v) is 2.87. The molecule has 88 valence electrons. The van der Waals surface area contributed by atoms with Crippen molar-refractivity contribution in [1.29, 1.82) is 0 Å². The molecule has 0 aliphatic carbocycles. The van der Waals surface area contributed by atoms with Crippen molar-refractivity contribution in [2.24, 2.45) is 0 Å². The second-order valence-corrected chi connectivity index (χ2v) is 4.30. The van der Waals surface area contributed by atoms with Gasteiger partial charge in [-0.1, -0.05) is 6.92 Å². The van der Waals surface area contributed by atoms with Crippen molar-refractivity contribution in [2.75, 3.05) is 26.2 Å². The third-order valence-electron chi connectivity index (χ3n) is 2.87. The van der Waals surface area contributed by atoms with Crippen LogP contribution in [0.5, 0.6) is 0 Å². The number of hydrogen-bond acceptors (Lipinski definition) is 4. The lowest BCUT2D eigenvalue weighted by atomic mass is 10.2. The molecule has 1 N–H and O–H groups in total. The largest absolute Gasteiger partial charge is 0.314 e. The Morgan fingerprint density at radius 3 is 2.75 bits per heavy atom. The van der Waals surface area contributed by atoms with Crippen LogP contribution in [-0.4, -0.2) is 41.0 Å². The predicted octanol–water partition coefficient (Wildman–Crippen LogP) is 0.753. The van der Waals surface area contributed by atoms with Crippen LogP contribution in [0.25, 0.3) is 0 Å². The minimum atomic E-state index is 0.913. The summed E-state index contributed by atoms with van der Waals surface area (Å²) in [5, 5.41) is 3.36. The third kappa shape index (κ3) is 3.00. The molecule has 1 aliphatic rings. The van der Waals surface area contributed by atoms with Gasteiger partial charge in [-0.15, -0.1) is 0 Å². The van der Waals surface area contributed by atoms with Crippen molar-refractivity contribution in [3.05, 3.63) is 23.3 Å². The van der Waals surface area contributed by atoms with Crippen molar-refractivity contribution in [3.63, 3.8) is 0 Å². The summed E-state index contributed by atoms with van der Waals surface area (Å²) in [6.45, 7) is 9.51. The first-order chi connectivity index (χ1) is 7.78. The Kier molecular flexibility index (Phi) is 3.85. The van der Waals surface area contributed by atoms with E-state index < -0.39 is 0 Å². The van der Waals surface area contributed by atoms with E-state index in [0.29, 0.717) is 0 Å². The van der Waals surface area contributed by atoms with Crippen LogP contribution in [0.15, 0.2) is 6.07 Å². The van der Waals surface area contributed by atoms with Gasteiger partial charge in [0.15, 0.2) is 0 Å². The number of nitrogens with zero attached hydrogens (tertiary/aromatic N) is 3. The molecule has 0 spiro atoms. The van der Waals surface area contributed by atoms with Gasteiger partial charge >= 0.3 is 0 Å². The van der Waals surface area contributed by atoms with Crippen molar-refractivity contribution in [2.45, 2.75) is 26.8 Å². The summed E-state index contributed by atoms with van der Waals surface area (Å²) in [6.07, 6.45) is 0.913. The number of hydrogen-bond donors (Lipinski definition) is 1. The summed E-state index contributed by atoms with van der Waals surface area (Å²) in [6, 6.07) is 2.10. The molecule has 2 heterocycles. The van der Waals surface area contributed by atoms with Crippen LogP contribution in [0.1, 0.15) is 24.1 Å². The number of aryl methyl sites for hydroxylation is 2. The lowest BCUT2D eigenvalue weighted by molar-refractivity contribution is 0.230. The fraction of sp³-hybridized carbons (Fsp3) is 0.667. The SMILES string of the molecule is CCc1nc(C)cc(CN2CCNCC2)n1. The quantitative estimate of drug-likeness (QED) is 0.816. The Morgan fingerprint density at radius 1 is 1.31 bits per heavy atom. The maximum Gasteiger partial charge on any atom is 0.128 e. The van der Waals surface area contributed by atoms with Gasteiger partial charge in [0.2, 0.25) is 0 Å². The van der Waals surface area contributed by atoms with E-state index in [1.165, 1.54) is 0 Å². The van der Waals surface area contributed by atoms with Crippen LogP contribution >= 0.6 is 0 Å².